The van der Waals surface area contributed by atoms with E-state index in [0.29, 0.717) is 24.7 Å². The van der Waals surface area contributed by atoms with E-state index in [1.165, 1.54) is 18.6 Å². The van der Waals surface area contributed by atoms with Crippen LogP contribution in [0.1, 0.15) is 32.1 Å². The SMILES string of the molecule is NC1(CNS(=O)(=O)c2ccc3c(c2)OCCO3)CCCCC1. The van der Waals surface area contributed by atoms with Crippen LogP contribution in [0.25, 0.3) is 0 Å². The van der Waals surface area contributed by atoms with Gasteiger partial charge in [-0.05, 0) is 25.0 Å². The molecule has 3 rings (SSSR count). The van der Waals surface area contributed by atoms with E-state index in [1.54, 1.807) is 6.07 Å². The minimum atomic E-state index is -3.60. The molecule has 122 valence electrons. The van der Waals surface area contributed by atoms with Crippen LogP contribution in [-0.4, -0.2) is 33.7 Å². The zero-order valence-corrected chi connectivity index (χ0v) is 13.3. The van der Waals surface area contributed by atoms with Gasteiger partial charge in [0.05, 0.1) is 4.90 Å². The van der Waals surface area contributed by atoms with Gasteiger partial charge in [-0.15, -0.1) is 0 Å². The lowest BCUT2D eigenvalue weighted by molar-refractivity contribution is 0.171. The standard InChI is InChI=1S/C15H22N2O4S/c16-15(6-2-1-3-7-15)11-17-22(18,19)12-4-5-13-14(10-12)21-9-8-20-13/h4-5,10,17H,1-3,6-9,11,16H2. The number of hydrogen-bond donors (Lipinski definition) is 2. The van der Waals surface area contributed by atoms with Gasteiger partial charge in [0.15, 0.2) is 11.5 Å². The Morgan fingerprint density at radius 1 is 1.09 bits per heavy atom. The van der Waals surface area contributed by atoms with E-state index in [0.717, 1.165) is 25.7 Å². The van der Waals surface area contributed by atoms with Crippen LogP contribution in [0, 0.1) is 0 Å². The molecule has 1 heterocycles. The normalized spacial score (nSPS) is 20.6. The Morgan fingerprint density at radius 2 is 1.77 bits per heavy atom. The fourth-order valence-corrected chi connectivity index (χ4v) is 4.10. The van der Waals surface area contributed by atoms with E-state index in [1.807, 2.05) is 0 Å². The summed E-state index contributed by atoms with van der Waals surface area (Å²) in [7, 11) is -3.60. The van der Waals surface area contributed by atoms with Crippen molar-refractivity contribution in [3.63, 3.8) is 0 Å². The zero-order chi connectivity index (χ0) is 15.6. The number of nitrogens with one attached hydrogen (secondary N) is 1. The molecule has 0 atom stereocenters. The van der Waals surface area contributed by atoms with Crippen LogP contribution < -0.4 is 19.9 Å². The Labute approximate surface area is 131 Å². The summed E-state index contributed by atoms with van der Waals surface area (Å²) in [5.41, 5.74) is 5.85. The maximum absolute atomic E-state index is 12.4. The number of benzene rings is 1. The maximum Gasteiger partial charge on any atom is 0.240 e. The van der Waals surface area contributed by atoms with Gasteiger partial charge in [-0.25, -0.2) is 13.1 Å². The Bertz CT molecular complexity index is 639. The summed E-state index contributed by atoms with van der Waals surface area (Å²) in [5.74, 6) is 1.04. The molecule has 7 heteroatoms. The van der Waals surface area contributed by atoms with Crippen molar-refractivity contribution in [1.82, 2.24) is 4.72 Å². The van der Waals surface area contributed by atoms with Gasteiger partial charge in [0, 0.05) is 18.2 Å². The summed E-state index contributed by atoms with van der Waals surface area (Å²) in [5, 5.41) is 0. The Morgan fingerprint density at radius 3 is 2.50 bits per heavy atom. The van der Waals surface area contributed by atoms with Crippen molar-refractivity contribution in [2.24, 2.45) is 5.73 Å². The van der Waals surface area contributed by atoms with Gasteiger partial charge in [-0.3, -0.25) is 0 Å². The highest BCUT2D eigenvalue weighted by atomic mass is 32.2. The van der Waals surface area contributed by atoms with Crippen molar-refractivity contribution in [3.8, 4) is 11.5 Å². The second-order valence-electron chi connectivity index (χ2n) is 6.05. The van der Waals surface area contributed by atoms with E-state index in [2.05, 4.69) is 4.72 Å². The van der Waals surface area contributed by atoms with Crippen LogP contribution in [0.5, 0.6) is 11.5 Å². The molecule has 0 bridgehead atoms. The van der Waals surface area contributed by atoms with Gasteiger partial charge < -0.3 is 15.2 Å². The molecule has 3 N–H and O–H groups in total. The van der Waals surface area contributed by atoms with E-state index in [9.17, 15) is 8.42 Å². The minimum Gasteiger partial charge on any atom is -0.486 e. The number of sulfonamides is 1. The van der Waals surface area contributed by atoms with Crippen LogP contribution in [0.15, 0.2) is 23.1 Å². The average Bonchev–Trinajstić information content (AvgIpc) is 2.53. The number of ether oxygens (including phenoxy) is 2. The fourth-order valence-electron chi connectivity index (χ4n) is 2.95. The minimum absolute atomic E-state index is 0.177. The molecule has 22 heavy (non-hydrogen) atoms. The Balaban J connectivity index is 1.72. The third-order valence-corrected chi connectivity index (χ3v) is 5.69. The first-order valence-electron chi connectivity index (χ1n) is 7.67. The second kappa shape index (κ2) is 6.06. The molecule has 0 saturated heterocycles. The van der Waals surface area contributed by atoms with Gasteiger partial charge >= 0.3 is 0 Å². The monoisotopic (exact) mass is 326 g/mol. The van der Waals surface area contributed by atoms with E-state index in [-0.39, 0.29) is 11.4 Å². The van der Waals surface area contributed by atoms with E-state index < -0.39 is 15.6 Å². The van der Waals surface area contributed by atoms with Gasteiger partial charge in [0.2, 0.25) is 10.0 Å². The van der Waals surface area contributed by atoms with Gasteiger partial charge in [0.25, 0.3) is 0 Å². The molecule has 1 aromatic carbocycles. The van der Waals surface area contributed by atoms with Crippen molar-refractivity contribution >= 4 is 10.0 Å². The number of hydrogen-bond acceptors (Lipinski definition) is 5. The van der Waals surface area contributed by atoms with Crippen LogP contribution in [-0.2, 0) is 10.0 Å². The van der Waals surface area contributed by atoms with Crippen LogP contribution in [0.4, 0.5) is 0 Å². The molecule has 6 nitrogen and oxygen atoms in total. The van der Waals surface area contributed by atoms with E-state index in [4.69, 9.17) is 15.2 Å². The summed E-state index contributed by atoms with van der Waals surface area (Å²) in [6, 6.07) is 4.66. The fraction of sp³-hybridized carbons (Fsp3) is 0.600. The third-order valence-electron chi connectivity index (χ3n) is 4.29. The summed E-state index contributed by atoms with van der Waals surface area (Å²) in [6.45, 7) is 1.17. The van der Waals surface area contributed by atoms with Crippen LogP contribution >= 0.6 is 0 Å². The molecule has 1 fully saturated rings. The number of nitrogens with two attached hydrogens (primary N) is 1. The highest BCUT2D eigenvalue weighted by molar-refractivity contribution is 7.89. The first-order chi connectivity index (χ1) is 10.5. The van der Waals surface area contributed by atoms with Crippen LogP contribution in [0.2, 0.25) is 0 Å². The number of rotatable bonds is 4. The molecule has 1 aliphatic heterocycles. The Hall–Kier alpha value is -1.31. The van der Waals surface area contributed by atoms with Crippen molar-refractivity contribution in [2.45, 2.75) is 42.5 Å². The highest BCUT2D eigenvalue weighted by Crippen LogP contribution is 2.32. The lowest BCUT2D eigenvalue weighted by Crippen LogP contribution is -2.51. The third kappa shape index (κ3) is 3.37. The summed E-state index contributed by atoms with van der Waals surface area (Å²) in [4.78, 5) is 0.177. The molecule has 1 saturated carbocycles. The highest BCUT2D eigenvalue weighted by Gasteiger charge is 2.29. The predicted octanol–water partition coefficient (Wildman–Crippen LogP) is 1.40. The molecule has 1 aliphatic carbocycles. The maximum atomic E-state index is 12.4. The summed E-state index contributed by atoms with van der Waals surface area (Å²) in [6.07, 6.45) is 5.01. The molecule has 1 aromatic rings. The summed E-state index contributed by atoms with van der Waals surface area (Å²) >= 11 is 0. The molecule has 0 aromatic heterocycles. The summed E-state index contributed by atoms with van der Waals surface area (Å²) < 4.78 is 38.4. The number of fused-ring (bicyclic) bond motifs is 1. The quantitative estimate of drug-likeness (QED) is 0.873. The molecular formula is C15H22N2O4S. The van der Waals surface area contributed by atoms with Crippen molar-refractivity contribution in [2.75, 3.05) is 19.8 Å². The van der Waals surface area contributed by atoms with Crippen molar-refractivity contribution in [3.05, 3.63) is 18.2 Å². The molecule has 2 aliphatic rings. The van der Waals surface area contributed by atoms with Gasteiger partial charge in [-0.2, -0.15) is 0 Å². The smallest absolute Gasteiger partial charge is 0.240 e. The molecule has 0 unspecified atom stereocenters. The lowest BCUT2D eigenvalue weighted by atomic mass is 9.83. The zero-order valence-electron chi connectivity index (χ0n) is 12.5. The largest absolute Gasteiger partial charge is 0.486 e. The molecular weight excluding hydrogens is 304 g/mol. The first kappa shape index (κ1) is 15.6. The van der Waals surface area contributed by atoms with E-state index >= 15 is 0 Å². The Kier molecular flexibility index (Phi) is 4.29. The average molecular weight is 326 g/mol. The topological polar surface area (TPSA) is 90.7 Å². The van der Waals surface area contributed by atoms with Crippen molar-refractivity contribution in [1.29, 1.82) is 0 Å². The molecule has 0 spiro atoms. The predicted molar refractivity (Wildman–Crippen MR) is 82.6 cm³/mol. The van der Waals surface area contributed by atoms with Gasteiger partial charge in [0.1, 0.15) is 13.2 Å². The lowest BCUT2D eigenvalue weighted by Gasteiger charge is -2.33. The van der Waals surface area contributed by atoms with Gasteiger partial charge in [-0.1, -0.05) is 19.3 Å². The second-order valence-corrected chi connectivity index (χ2v) is 7.82. The van der Waals surface area contributed by atoms with Crippen LogP contribution in [0.3, 0.4) is 0 Å². The van der Waals surface area contributed by atoms with Crippen molar-refractivity contribution < 1.29 is 17.9 Å². The first-order valence-corrected chi connectivity index (χ1v) is 9.15. The molecule has 0 radical (unpaired) electrons. The molecule has 0 amide bonds.